The number of pyridine rings is 5. The van der Waals surface area contributed by atoms with E-state index in [2.05, 4.69) is 222 Å². The molecule has 11 nitrogen and oxygen atoms in total. The number of rotatable bonds is 10. The topological polar surface area (TPSA) is 182 Å². The van der Waals surface area contributed by atoms with E-state index in [0.29, 0.717) is 0 Å². The Kier molecular flexibility index (Phi) is 42.0. The number of nitrogens with zero attached hydrogens (tertiary/aromatic N) is 5. The number of aliphatic hydroxyl groups is 3. The average Bonchev–Trinajstić information content (AvgIpc) is 0.904. The molecule has 0 aliphatic heterocycles. The smallest absolute Gasteiger partial charge is 0 e. The molecule has 22 heteroatoms. The van der Waals surface area contributed by atoms with Gasteiger partial charge in [-0.2, -0.15) is 13.2 Å². The molecule has 0 saturated heterocycles. The van der Waals surface area contributed by atoms with Gasteiger partial charge in [0.15, 0.2) is 10.1 Å². The molecule has 0 unspecified atom stereocenters. The predicted octanol–water partition coefficient (Wildman–Crippen LogP) is 14.9. The summed E-state index contributed by atoms with van der Waals surface area (Å²) in [5.74, 6) is 14.3. The molecule has 0 saturated carbocycles. The number of aliphatic hydroxyl groups excluding tert-OH is 3. The number of aromatic nitrogens is 5. The van der Waals surface area contributed by atoms with Gasteiger partial charge >= 0.3 is 225 Å². The normalized spacial score (nSPS) is 10.9. The Bertz CT molecular complexity index is 3270. The van der Waals surface area contributed by atoms with Crippen molar-refractivity contribution in [2.45, 2.75) is 106 Å². The molecule has 10 rings (SSSR count). The molecule has 523 valence electrons. The molecular formula is C75H95F3Ge2Ir2N5O6SSi3-2. The molecule has 5 aromatic heterocycles. The van der Waals surface area contributed by atoms with E-state index in [0.717, 1.165) is 64.9 Å². The third kappa shape index (κ3) is 34.4. The molecule has 0 amide bonds. The van der Waals surface area contributed by atoms with Crippen molar-refractivity contribution in [3.8, 4) is 56.3 Å². The van der Waals surface area contributed by atoms with Crippen LogP contribution >= 0.6 is 0 Å². The molecule has 97 heavy (non-hydrogen) atoms. The van der Waals surface area contributed by atoms with E-state index in [1.807, 2.05) is 140 Å². The van der Waals surface area contributed by atoms with Crippen molar-refractivity contribution in [3.63, 3.8) is 0 Å². The van der Waals surface area contributed by atoms with Crippen molar-refractivity contribution >= 4 is 85.2 Å². The Morgan fingerprint density at radius 3 is 0.814 bits per heavy atom. The van der Waals surface area contributed by atoms with Gasteiger partial charge in [-0.1, -0.05) is 95.3 Å². The van der Waals surface area contributed by atoms with Crippen LogP contribution in [0.15, 0.2) is 219 Å². The summed E-state index contributed by atoms with van der Waals surface area (Å²) in [6, 6.07) is 76.5. The van der Waals surface area contributed by atoms with E-state index in [1.165, 1.54) is 29.9 Å². The van der Waals surface area contributed by atoms with Gasteiger partial charge in [0.05, 0.1) is 24.2 Å². The molecule has 0 aliphatic rings. The summed E-state index contributed by atoms with van der Waals surface area (Å²) in [5, 5.41) is 25.8. The summed E-state index contributed by atoms with van der Waals surface area (Å²) in [4.78, 5) is 22.6. The average molecular weight is 1870 g/mol. The second-order valence-corrected chi connectivity index (χ2v) is 64.0. The zero-order chi connectivity index (χ0) is 71.7. The number of alkyl halides is 3. The third-order valence-electron chi connectivity index (χ3n) is 13.4. The summed E-state index contributed by atoms with van der Waals surface area (Å²) in [6.07, 6.45) is 10.1. The fraction of sp³-hybridized carbons (Fsp3) is 0.267. The van der Waals surface area contributed by atoms with Crippen LogP contribution in [0.1, 0.15) is 6.92 Å². The molecular weight excluding hydrogens is 1770 g/mol. The maximum Gasteiger partial charge on any atom is 3.00 e. The first-order chi connectivity index (χ1) is 44.5. The molecule has 5 aromatic carbocycles. The standard InChI is InChI=1S/C14H17GeN.C14H16GeN.3C14H16NSi.C2H6O.CHF3O3S.2CH4O.2Ir/c2*1-15(2,3)13-9-10-14(16-11-13)12-7-5-4-6-8-12;3*1-16(2,3)13-9-10-14(15-11-13)12-7-5-4-6-8-12;1-2-3;2-1(3,4)8(5,6)7;2*1-2;;/h4-11H,1-3H3;4*4-7,9-11H,1-3H3;3H,2H2,1H3;(H,5,6,7);2*2H,1H3;;/q;4*-1;;;;;;+3/p-1. The van der Waals surface area contributed by atoms with Crippen LogP contribution in [0.25, 0.3) is 56.3 Å². The molecule has 1 radical (unpaired) electrons. The SMILES string of the molecule is CCO.CO.CO.C[Si](C)(C)c1ccc(-c2[c-]cccc2)nc1.C[Si](C)(C)c1ccc(-c2[c-]cccc2)nc1.C[Si](C)(C)c1ccc(-c2[c-]cccc2)nc1.O=S(=O)([O-])C(F)(F)F.[CH3][Ge]([CH3])([CH3])[c]1ccc(-c2[c-]cccc2)nc1.[CH3][Ge]([CH3])([CH3])[c]1ccc(-c2ccccc2)nc1.[Ir+3].[Ir]. The van der Waals surface area contributed by atoms with E-state index in [1.54, 1.807) is 6.92 Å². The molecule has 0 aliphatic carbocycles. The minimum atomic E-state index is -6.09. The number of hydrogen-bond acceptors (Lipinski definition) is 11. The van der Waals surface area contributed by atoms with Crippen LogP contribution in [0, 0.1) is 24.3 Å². The van der Waals surface area contributed by atoms with Crippen molar-refractivity contribution in [3.05, 3.63) is 243 Å². The molecule has 0 bridgehead atoms. The van der Waals surface area contributed by atoms with Crippen LogP contribution in [0.3, 0.4) is 0 Å². The Labute approximate surface area is 612 Å². The van der Waals surface area contributed by atoms with Gasteiger partial charge < -0.3 is 34.8 Å². The first-order valence-electron chi connectivity index (χ1n) is 30.8. The van der Waals surface area contributed by atoms with Crippen LogP contribution in [0.4, 0.5) is 13.2 Å². The van der Waals surface area contributed by atoms with Gasteiger partial charge in [0.25, 0.3) is 0 Å². The first kappa shape index (κ1) is 91.5. The number of benzene rings is 5. The molecule has 10 aromatic rings. The van der Waals surface area contributed by atoms with Gasteiger partial charge in [-0.05, 0) is 39.6 Å². The van der Waals surface area contributed by atoms with Gasteiger partial charge in [0, 0.05) is 59.5 Å². The maximum atomic E-state index is 10.7. The van der Waals surface area contributed by atoms with E-state index in [4.69, 9.17) is 28.3 Å². The van der Waals surface area contributed by atoms with E-state index in [-0.39, 0.29) is 46.8 Å². The van der Waals surface area contributed by atoms with Crippen molar-refractivity contribution in [2.24, 2.45) is 0 Å². The Morgan fingerprint density at radius 2 is 0.639 bits per heavy atom. The second-order valence-electron chi connectivity index (χ2n) is 26.1. The quantitative estimate of drug-likeness (QED) is 0.0513. The summed E-state index contributed by atoms with van der Waals surface area (Å²) in [5.41, 5.74) is 4.87. The van der Waals surface area contributed by atoms with Crippen LogP contribution in [0.2, 0.25) is 93.5 Å². The van der Waals surface area contributed by atoms with Crippen molar-refractivity contribution in [1.29, 1.82) is 0 Å². The summed E-state index contributed by atoms with van der Waals surface area (Å²) in [7, 11) is -7.78. The molecule has 0 spiro atoms. The molecule has 0 fully saturated rings. The van der Waals surface area contributed by atoms with Crippen molar-refractivity contribution < 1.29 is 81.7 Å². The Hall–Kier alpha value is -5.53. The van der Waals surface area contributed by atoms with Crippen molar-refractivity contribution in [2.75, 3.05) is 20.8 Å². The second kappa shape index (κ2) is 44.6. The largest absolute Gasteiger partial charge is 3.00 e. The first-order valence-corrected chi connectivity index (χ1v) is 57.4. The minimum Gasteiger partial charge on any atom is 0 e. The molecule has 5 heterocycles. The maximum absolute atomic E-state index is 10.7. The Morgan fingerprint density at radius 1 is 0.412 bits per heavy atom. The summed E-state index contributed by atoms with van der Waals surface area (Å²) in [6.45, 7) is 22.9. The van der Waals surface area contributed by atoms with Crippen LogP contribution in [-0.2, 0) is 50.3 Å². The van der Waals surface area contributed by atoms with Crippen LogP contribution < -0.4 is 24.4 Å². The van der Waals surface area contributed by atoms with Crippen molar-refractivity contribution in [1.82, 2.24) is 24.9 Å². The van der Waals surface area contributed by atoms with Gasteiger partial charge in [-0.15, -0.1) is 108 Å². The van der Waals surface area contributed by atoms with Gasteiger partial charge in [0.2, 0.25) is 0 Å². The predicted molar refractivity (Wildman–Crippen MR) is 403 cm³/mol. The summed E-state index contributed by atoms with van der Waals surface area (Å²) < 4.78 is 61.8. The fourth-order valence-corrected chi connectivity index (χ4v) is 15.3. The number of hydrogen-bond donors (Lipinski definition) is 3. The van der Waals surface area contributed by atoms with Crippen LogP contribution in [-0.4, -0.2) is 130 Å². The van der Waals surface area contributed by atoms with Gasteiger partial charge in [-0.25, -0.2) is 8.42 Å². The zero-order valence-corrected chi connectivity index (χ0v) is 71.8. The third-order valence-corrected chi connectivity index (χ3v) is 28.6. The van der Waals surface area contributed by atoms with Crippen LogP contribution in [0.5, 0.6) is 0 Å². The molecule has 3 N–H and O–H groups in total. The fourth-order valence-electron chi connectivity index (χ4n) is 7.82. The number of halogens is 3. The van der Waals surface area contributed by atoms with Gasteiger partial charge in [-0.3, -0.25) is 0 Å². The van der Waals surface area contributed by atoms with Gasteiger partial charge in [0.1, 0.15) is 0 Å². The van der Waals surface area contributed by atoms with E-state index in [9.17, 15) is 13.2 Å². The summed E-state index contributed by atoms with van der Waals surface area (Å²) >= 11 is -3.42. The molecule has 0 atom stereocenters. The zero-order valence-electron chi connectivity index (χ0n) is 59.0. The van der Waals surface area contributed by atoms with E-state index >= 15 is 0 Å². The minimum absolute atomic E-state index is 0. The Balaban J connectivity index is 0.00000112. The van der Waals surface area contributed by atoms with E-state index < -0.39 is 66.4 Å². The monoisotopic (exact) mass is 1870 g/mol.